The van der Waals surface area contributed by atoms with Gasteiger partial charge in [0, 0.05) is 20.2 Å². The zero-order valence-electron chi connectivity index (χ0n) is 6.91. The van der Waals surface area contributed by atoms with Crippen molar-refractivity contribution in [3.8, 4) is 0 Å². The Morgan fingerprint density at radius 2 is 2.27 bits per heavy atom. The van der Waals surface area contributed by atoms with Crippen LogP contribution in [0.25, 0.3) is 0 Å². The maximum atomic E-state index is 11.1. The smallest absolute Gasteiger partial charge is 0.239 e. The van der Waals surface area contributed by atoms with Crippen LogP contribution in [0.2, 0.25) is 0 Å². The summed E-state index contributed by atoms with van der Waals surface area (Å²) in [5, 5.41) is 0. The molecule has 1 aliphatic heterocycles. The summed E-state index contributed by atoms with van der Waals surface area (Å²) in [5.74, 6) is 0.0123. The SMILES string of the molecule is COC1CN(C(=O)[C@@H](C)N)C1. The maximum Gasteiger partial charge on any atom is 0.239 e. The third-order valence-corrected chi connectivity index (χ3v) is 1.88. The number of nitrogens with two attached hydrogens (primary N) is 1. The van der Waals surface area contributed by atoms with Crippen LogP contribution in [-0.4, -0.2) is 43.2 Å². The van der Waals surface area contributed by atoms with Gasteiger partial charge in [0.15, 0.2) is 0 Å². The zero-order valence-corrected chi connectivity index (χ0v) is 6.91. The molecule has 0 radical (unpaired) electrons. The molecule has 1 saturated heterocycles. The number of amides is 1. The van der Waals surface area contributed by atoms with Gasteiger partial charge < -0.3 is 15.4 Å². The highest BCUT2D eigenvalue weighted by atomic mass is 16.5. The van der Waals surface area contributed by atoms with Gasteiger partial charge in [0.2, 0.25) is 5.91 Å². The van der Waals surface area contributed by atoms with Crippen LogP contribution < -0.4 is 5.73 Å². The molecule has 11 heavy (non-hydrogen) atoms. The highest BCUT2D eigenvalue weighted by Crippen LogP contribution is 2.11. The molecule has 0 spiro atoms. The fourth-order valence-electron chi connectivity index (χ4n) is 1.06. The fraction of sp³-hybridized carbons (Fsp3) is 0.857. The van der Waals surface area contributed by atoms with E-state index in [0.29, 0.717) is 13.1 Å². The Labute approximate surface area is 66.3 Å². The number of nitrogens with zero attached hydrogens (tertiary/aromatic N) is 1. The van der Waals surface area contributed by atoms with E-state index in [4.69, 9.17) is 10.5 Å². The summed E-state index contributed by atoms with van der Waals surface area (Å²) in [5.41, 5.74) is 5.40. The average molecular weight is 158 g/mol. The Hall–Kier alpha value is -0.610. The van der Waals surface area contributed by atoms with Gasteiger partial charge in [0.05, 0.1) is 12.1 Å². The number of likely N-dealkylation sites (tertiary alicyclic amines) is 1. The van der Waals surface area contributed by atoms with Gasteiger partial charge in [-0.15, -0.1) is 0 Å². The lowest BCUT2D eigenvalue weighted by Crippen LogP contribution is -2.57. The van der Waals surface area contributed by atoms with Crippen LogP contribution in [0.15, 0.2) is 0 Å². The Morgan fingerprint density at radius 1 is 1.73 bits per heavy atom. The second-order valence-electron chi connectivity index (χ2n) is 2.89. The normalized spacial score (nSPS) is 21.2. The summed E-state index contributed by atoms with van der Waals surface area (Å²) in [7, 11) is 1.65. The van der Waals surface area contributed by atoms with Gasteiger partial charge in [0.1, 0.15) is 0 Å². The minimum atomic E-state index is -0.382. The summed E-state index contributed by atoms with van der Waals surface area (Å²) in [6, 6.07) is -0.382. The first kappa shape index (κ1) is 8.49. The molecule has 0 aromatic rings. The Bertz CT molecular complexity index is 153. The van der Waals surface area contributed by atoms with Gasteiger partial charge in [-0.05, 0) is 6.92 Å². The van der Waals surface area contributed by atoms with E-state index in [1.807, 2.05) is 0 Å². The molecule has 1 aliphatic rings. The monoisotopic (exact) mass is 158 g/mol. The van der Waals surface area contributed by atoms with Crippen LogP contribution in [0.1, 0.15) is 6.92 Å². The molecule has 1 rings (SSSR count). The number of methoxy groups -OCH3 is 1. The van der Waals surface area contributed by atoms with Crippen molar-refractivity contribution in [2.45, 2.75) is 19.1 Å². The maximum absolute atomic E-state index is 11.1. The lowest BCUT2D eigenvalue weighted by atomic mass is 10.1. The minimum absolute atomic E-state index is 0.0123. The Kier molecular flexibility index (Phi) is 2.46. The van der Waals surface area contributed by atoms with Crippen LogP contribution in [0.4, 0.5) is 0 Å². The minimum Gasteiger partial charge on any atom is -0.378 e. The third-order valence-electron chi connectivity index (χ3n) is 1.88. The van der Waals surface area contributed by atoms with Gasteiger partial charge in [-0.2, -0.15) is 0 Å². The lowest BCUT2D eigenvalue weighted by molar-refractivity contribution is -0.143. The van der Waals surface area contributed by atoms with Gasteiger partial charge >= 0.3 is 0 Å². The second kappa shape index (κ2) is 3.19. The fourth-order valence-corrected chi connectivity index (χ4v) is 1.06. The summed E-state index contributed by atoms with van der Waals surface area (Å²) >= 11 is 0. The van der Waals surface area contributed by atoms with Gasteiger partial charge in [-0.25, -0.2) is 0 Å². The van der Waals surface area contributed by atoms with Crippen LogP contribution in [-0.2, 0) is 9.53 Å². The van der Waals surface area contributed by atoms with Crippen LogP contribution in [0.3, 0.4) is 0 Å². The van der Waals surface area contributed by atoms with E-state index in [0.717, 1.165) is 0 Å². The zero-order chi connectivity index (χ0) is 8.43. The number of ether oxygens (including phenoxy) is 1. The number of carbonyl (C=O) groups excluding carboxylic acids is 1. The van der Waals surface area contributed by atoms with Crippen LogP contribution in [0.5, 0.6) is 0 Å². The molecule has 2 N–H and O–H groups in total. The van der Waals surface area contributed by atoms with Crippen molar-refractivity contribution in [1.82, 2.24) is 4.90 Å². The summed E-state index contributed by atoms with van der Waals surface area (Å²) in [6.45, 7) is 3.08. The second-order valence-corrected chi connectivity index (χ2v) is 2.89. The largest absolute Gasteiger partial charge is 0.378 e. The van der Waals surface area contributed by atoms with Crippen molar-refractivity contribution >= 4 is 5.91 Å². The van der Waals surface area contributed by atoms with Crippen molar-refractivity contribution in [3.63, 3.8) is 0 Å². The average Bonchev–Trinajstić information content (AvgIpc) is 1.85. The molecule has 0 aliphatic carbocycles. The van der Waals surface area contributed by atoms with Crippen molar-refractivity contribution < 1.29 is 9.53 Å². The number of hydrogen-bond donors (Lipinski definition) is 1. The topological polar surface area (TPSA) is 55.6 Å². The summed E-state index contributed by atoms with van der Waals surface area (Å²) < 4.78 is 5.01. The molecule has 64 valence electrons. The van der Waals surface area contributed by atoms with E-state index in [9.17, 15) is 4.79 Å². The molecule has 4 heteroatoms. The molecule has 1 amide bonds. The lowest BCUT2D eigenvalue weighted by Gasteiger charge is -2.38. The molecular formula is C7H14N2O2. The van der Waals surface area contributed by atoms with Crippen LogP contribution in [0, 0.1) is 0 Å². The first-order chi connectivity index (χ1) is 5.15. The molecule has 0 bridgehead atoms. The molecule has 1 heterocycles. The van der Waals surface area contributed by atoms with E-state index in [2.05, 4.69) is 0 Å². The van der Waals surface area contributed by atoms with E-state index in [1.54, 1.807) is 18.9 Å². The van der Waals surface area contributed by atoms with Crippen molar-refractivity contribution in [2.24, 2.45) is 5.73 Å². The van der Waals surface area contributed by atoms with E-state index >= 15 is 0 Å². The third kappa shape index (κ3) is 1.70. The highest BCUT2D eigenvalue weighted by Gasteiger charge is 2.31. The number of rotatable bonds is 2. The predicted octanol–water partition coefficient (Wildman–Crippen LogP) is -0.809. The van der Waals surface area contributed by atoms with Gasteiger partial charge in [0.25, 0.3) is 0 Å². The highest BCUT2D eigenvalue weighted by molar-refractivity contribution is 5.82. The van der Waals surface area contributed by atoms with Gasteiger partial charge in [-0.3, -0.25) is 4.79 Å². The summed E-state index contributed by atoms with van der Waals surface area (Å²) in [4.78, 5) is 12.8. The number of carbonyl (C=O) groups is 1. The molecule has 0 unspecified atom stereocenters. The summed E-state index contributed by atoms with van der Waals surface area (Å²) in [6.07, 6.45) is 0.220. The molecule has 1 fully saturated rings. The molecule has 4 nitrogen and oxygen atoms in total. The molecule has 0 aromatic carbocycles. The quantitative estimate of drug-likeness (QED) is 0.572. The number of hydrogen-bond acceptors (Lipinski definition) is 3. The van der Waals surface area contributed by atoms with Crippen molar-refractivity contribution in [1.29, 1.82) is 0 Å². The van der Waals surface area contributed by atoms with Crippen LogP contribution >= 0.6 is 0 Å². The molecule has 0 aromatic heterocycles. The van der Waals surface area contributed by atoms with Crippen molar-refractivity contribution in [2.75, 3.05) is 20.2 Å². The van der Waals surface area contributed by atoms with E-state index in [-0.39, 0.29) is 18.1 Å². The molecule has 0 saturated carbocycles. The Morgan fingerprint density at radius 3 is 2.64 bits per heavy atom. The van der Waals surface area contributed by atoms with E-state index < -0.39 is 0 Å². The van der Waals surface area contributed by atoms with Gasteiger partial charge in [-0.1, -0.05) is 0 Å². The predicted molar refractivity (Wildman–Crippen MR) is 41.0 cm³/mol. The standard InChI is InChI=1S/C7H14N2O2/c1-5(8)7(10)9-3-6(4-9)11-2/h5-6H,3-4,8H2,1-2H3/t5-/m1/s1. The van der Waals surface area contributed by atoms with Crippen molar-refractivity contribution in [3.05, 3.63) is 0 Å². The van der Waals surface area contributed by atoms with E-state index in [1.165, 1.54) is 0 Å². The first-order valence-electron chi connectivity index (χ1n) is 3.72. The Balaban J connectivity index is 2.27. The first-order valence-corrected chi connectivity index (χ1v) is 3.72. The molecule has 1 atom stereocenters. The molecular weight excluding hydrogens is 144 g/mol.